The molecule has 0 amide bonds. The summed E-state index contributed by atoms with van der Waals surface area (Å²) >= 11 is 3.17. The van der Waals surface area contributed by atoms with Crippen LogP contribution in [0.5, 0.6) is 0 Å². The molecule has 2 aromatic heterocycles. The zero-order valence-electron chi connectivity index (χ0n) is 31.6. The van der Waals surface area contributed by atoms with Crippen LogP contribution in [0.25, 0.3) is 42.7 Å². The van der Waals surface area contributed by atoms with Crippen LogP contribution in [0.15, 0.2) is 64.5 Å². The van der Waals surface area contributed by atoms with Gasteiger partial charge in [0.25, 0.3) is 11.4 Å². The Kier molecular flexibility index (Phi) is 8.54. The van der Waals surface area contributed by atoms with E-state index in [0.717, 1.165) is 114 Å². The lowest BCUT2D eigenvalue weighted by atomic mass is 9.61. The zero-order chi connectivity index (χ0) is 41.8. The van der Waals surface area contributed by atoms with Crippen LogP contribution in [0, 0.1) is 59.1 Å². The van der Waals surface area contributed by atoms with E-state index in [2.05, 4.69) is 21.8 Å². The van der Waals surface area contributed by atoms with Crippen molar-refractivity contribution >= 4 is 57.5 Å². The van der Waals surface area contributed by atoms with Crippen molar-refractivity contribution in [3.63, 3.8) is 0 Å². The van der Waals surface area contributed by atoms with E-state index >= 15 is 0 Å². The minimum atomic E-state index is -1.20. The number of carbonyl (C=O) groups excluding carboxylic acids is 2. The number of carbonyl (C=O) groups is 2. The summed E-state index contributed by atoms with van der Waals surface area (Å²) in [5.41, 5.74) is 2.92. The molecular weight excluding hydrogens is 805 g/mol. The Morgan fingerprint density at radius 2 is 1.12 bits per heavy atom. The number of fused-ring (bicyclic) bond motifs is 10. The van der Waals surface area contributed by atoms with Crippen molar-refractivity contribution in [1.29, 1.82) is 10.5 Å². The number of allylic oxidation sites excluding steroid dienone is 8. The van der Waals surface area contributed by atoms with Crippen molar-refractivity contribution in [3.8, 4) is 21.9 Å². The van der Waals surface area contributed by atoms with Crippen molar-refractivity contribution in [3.05, 3.63) is 159 Å². The third-order valence-corrected chi connectivity index (χ3v) is 15.7. The van der Waals surface area contributed by atoms with Crippen molar-refractivity contribution in [2.75, 3.05) is 0 Å². The maximum Gasteiger partial charge on any atom is 0.270 e. The summed E-state index contributed by atoms with van der Waals surface area (Å²) in [6, 6.07) is 9.24. The molecule has 0 atom stereocenters. The fraction of sp³-hybridized carbons (Fsp3) is 0.250. The number of hydrogen-bond acceptors (Lipinski definition) is 6. The van der Waals surface area contributed by atoms with Gasteiger partial charge in [0.05, 0.1) is 25.3 Å². The van der Waals surface area contributed by atoms with E-state index in [4.69, 9.17) is 13.1 Å². The fourth-order valence-electron chi connectivity index (χ4n) is 10.8. The van der Waals surface area contributed by atoms with Gasteiger partial charge in [-0.1, -0.05) is 38.5 Å². The number of halogens is 4. The summed E-state index contributed by atoms with van der Waals surface area (Å²) < 4.78 is 58.0. The molecule has 2 heterocycles. The van der Waals surface area contributed by atoms with E-state index in [-0.39, 0.29) is 61.4 Å². The maximum atomic E-state index is 14.6. The highest BCUT2D eigenvalue weighted by Gasteiger charge is 2.54. The normalized spacial score (nSPS) is 21.8. The van der Waals surface area contributed by atoms with Gasteiger partial charge >= 0.3 is 0 Å². The van der Waals surface area contributed by atoms with E-state index in [1.807, 2.05) is 12.1 Å². The van der Waals surface area contributed by atoms with E-state index in [0.29, 0.717) is 4.88 Å². The average molecular weight is 833 g/mol. The van der Waals surface area contributed by atoms with Crippen LogP contribution >= 0.6 is 22.7 Å². The molecule has 0 bridgehead atoms. The van der Waals surface area contributed by atoms with E-state index in [9.17, 15) is 37.7 Å². The van der Waals surface area contributed by atoms with Crippen molar-refractivity contribution in [2.45, 2.75) is 75.0 Å². The van der Waals surface area contributed by atoms with Gasteiger partial charge in [-0.25, -0.2) is 37.8 Å². The molecule has 2 saturated carbocycles. The van der Waals surface area contributed by atoms with Crippen LogP contribution in [0.3, 0.4) is 0 Å². The molecule has 4 aromatic rings. The number of ketones is 2. The van der Waals surface area contributed by atoms with Crippen molar-refractivity contribution < 1.29 is 27.2 Å². The predicted octanol–water partition coefficient (Wildman–Crippen LogP) is 12.6. The minimum Gasteiger partial charge on any atom is -0.289 e. The van der Waals surface area contributed by atoms with Crippen LogP contribution in [0.4, 0.5) is 17.6 Å². The SMILES string of the molecule is [C-]#[N+]/C(C#N)=C1\C(=C\C2=Cc3sc4c(c3C23CCCCC3)C2(CCCCC2)c2cc(/C=C3\C(=O)c5cc(F)c(F)cc5\C3=C(\C#N)[N+]#[C-])sc2-4)C(=O)c2cc(F)c(F)cc21. The van der Waals surface area contributed by atoms with Gasteiger partial charge in [-0.05, 0) is 108 Å². The molecule has 6 aliphatic carbocycles. The van der Waals surface area contributed by atoms with E-state index < -0.39 is 40.3 Å². The summed E-state index contributed by atoms with van der Waals surface area (Å²) in [4.78, 5) is 38.6. The Morgan fingerprint density at radius 3 is 1.62 bits per heavy atom. The molecule has 12 heteroatoms. The number of Topliss-reactive ketones (excluding diaryl/α,β-unsaturated/α-hetero) is 2. The lowest BCUT2D eigenvalue weighted by Gasteiger charge is -2.42. The molecule has 0 aliphatic heterocycles. The van der Waals surface area contributed by atoms with Crippen LogP contribution in [-0.4, -0.2) is 11.6 Å². The second kappa shape index (κ2) is 13.5. The number of nitriles is 2. The number of thiophene rings is 2. The molecule has 0 N–H and O–H groups in total. The van der Waals surface area contributed by atoms with Crippen LogP contribution < -0.4 is 0 Å². The molecule has 6 nitrogen and oxygen atoms in total. The molecule has 10 rings (SSSR count). The quantitative estimate of drug-likeness (QED) is 0.0870. The van der Waals surface area contributed by atoms with Crippen molar-refractivity contribution in [1.82, 2.24) is 0 Å². The van der Waals surface area contributed by atoms with Crippen molar-refractivity contribution in [2.24, 2.45) is 0 Å². The fourth-order valence-corrected chi connectivity index (χ4v) is 13.6. The molecule has 0 radical (unpaired) electrons. The molecule has 6 aliphatic rings. The monoisotopic (exact) mass is 832 g/mol. The van der Waals surface area contributed by atoms with Gasteiger partial charge in [0.1, 0.15) is 0 Å². The minimum absolute atomic E-state index is 0.00967. The Balaban J connectivity index is 1.15. The van der Waals surface area contributed by atoms with Gasteiger partial charge in [-0.15, -0.1) is 22.7 Å². The highest BCUT2D eigenvalue weighted by atomic mass is 32.1. The standard InChI is InChI=1S/C48H28F4N4O2S2/c1-55-36(21-53)39-25-17-32(49)34(51)19-27(25)43(57)29(39)13-23-14-38-41(47(23)9-5-3-6-10-47)42-46(60-38)45-31(48(42)11-7-4-8-12-48)16-24(59-45)15-30-40(37(22-54)56-2)26-18-33(50)35(52)20-28(26)44(30)58/h13-20H,3-12H2/b29-13-,30-15-,39-36-,40-37+. The summed E-state index contributed by atoms with van der Waals surface area (Å²) in [6.07, 6.45) is 14.8. The largest absolute Gasteiger partial charge is 0.289 e. The van der Waals surface area contributed by atoms with E-state index in [1.54, 1.807) is 23.5 Å². The molecule has 292 valence electrons. The predicted molar refractivity (Wildman–Crippen MR) is 220 cm³/mol. The second-order valence-electron chi connectivity index (χ2n) is 16.1. The number of hydrogen-bond donors (Lipinski definition) is 0. The van der Waals surface area contributed by atoms with Crippen LogP contribution in [-0.2, 0) is 10.8 Å². The Hall–Kier alpha value is -6.44. The van der Waals surface area contributed by atoms with Gasteiger partial charge in [-0.3, -0.25) is 9.59 Å². The van der Waals surface area contributed by atoms with Gasteiger partial charge in [0.15, 0.2) is 34.8 Å². The number of rotatable bonds is 2. The van der Waals surface area contributed by atoms with Gasteiger partial charge in [0, 0.05) is 63.8 Å². The summed E-state index contributed by atoms with van der Waals surface area (Å²) in [6.45, 7) is 15.4. The summed E-state index contributed by atoms with van der Waals surface area (Å²) in [5, 5.41) is 19.9. The first-order valence-corrected chi connectivity index (χ1v) is 21.2. The number of benzene rings is 2. The third-order valence-electron chi connectivity index (χ3n) is 13.3. The topological polar surface area (TPSA) is 90.4 Å². The lowest BCUT2D eigenvalue weighted by Crippen LogP contribution is -2.35. The molecule has 60 heavy (non-hydrogen) atoms. The second-order valence-corrected chi connectivity index (χ2v) is 18.3. The smallest absolute Gasteiger partial charge is 0.270 e. The first-order valence-electron chi connectivity index (χ1n) is 19.6. The summed E-state index contributed by atoms with van der Waals surface area (Å²) in [5.74, 6) is -5.89. The summed E-state index contributed by atoms with van der Waals surface area (Å²) in [7, 11) is 0. The Morgan fingerprint density at radius 1 is 0.633 bits per heavy atom. The average Bonchev–Trinajstić information content (AvgIpc) is 4.06. The number of nitrogens with zero attached hydrogens (tertiary/aromatic N) is 4. The first kappa shape index (κ1) is 37.8. The molecular formula is C48H28F4N4O2S2. The van der Waals surface area contributed by atoms with Gasteiger partial charge in [-0.2, -0.15) is 0 Å². The van der Waals surface area contributed by atoms with Crippen LogP contribution in [0.2, 0.25) is 0 Å². The molecule has 2 fully saturated rings. The zero-order valence-corrected chi connectivity index (χ0v) is 33.3. The van der Waals surface area contributed by atoms with Crippen LogP contribution in [0.1, 0.15) is 122 Å². The lowest BCUT2D eigenvalue weighted by molar-refractivity contribution is 0.103. The molecule has 0 unspecified atom stereocenters. The Bertz CT molecular complexity index is 3050. The maximum absolute atomic E-state index is 14.6. The van der Waals surface area contributed by atoms with Gasteiger partial charge in [0.2, 0.25) is 0 Å². The van der Waals surface area contributed by atoms with Gasteiger partial charge < -0.3 is 0 Å². The molecule has 0 saturated heterocycles. The third kappa shape index (κ3) is 5.05. The molecule has 2 spiro atoms. The highest BCUT2D eigenvalue weighted by Crippen LogP contribution is 2.68. The molecule has 2 aromatic carbocycles. The highest BCUT2D eigenvalue weighted by molar-refractivity contribution is 7.23. The first-order chi connectivity index (χ1) is 29.0. The Labute approximate surface area is 350 Å². The van der Waals surface area contributed by atoms with E-state index in [1.165, 1.54) is 22.5 Å².